The lowest BCUT2D eigenvalue weighted by Crippen LogP contribution is -2.07. The van der Waals surface area contributed by atoms with E-state index in [0.717, 1.165) is 12.4 Å². The summed E-state index contributed by atoms with van der Waals surface area (Å²) in [5, 5.41) is 6.77. The number of hydrogen-bond acceptors (Lipinski definition) is 4. The van der Waals surface area contributed by atoms with Gasteiger partial charge in [0, 0.05) is 25.1 Å². The highest BCUT2D eigenvalue weighted by molar-refractivity contribution is 5.50. The van der Waals surface area contributed by atoms with Gasteiger partial charge >= 0.3 is 6.18 Å². The molecule has 2 heterocycles. The highest BCUT2D eigenvalue weighted by Crippen LogP contribution is 2.28. The van der Waals surface area contributed by atoms with Crippen LogP contribution >= 0.6 is 0 Å². The predicted octanol–water partition coefficient (Wildman–Crippen LogP) is 2.46. The number of nitrogens with zero attached hydrogens (tertiary/aromatic N) is 4. The third-order valence-electron chi connectivity index (χ3n) is 2.19. The number of hydrogen-bond donors (Lipinski definition) is 1. The molecule has 2 aromatic rings. The zero-order valence-corrected chi connectivity index (χ0v) is 9.44. The van der Waals surface area contributed by atoms with E-state index >= 15 is 0 Å². The molecule has 0 aliphatic rings. The fourth-order valence-electron chi connectivity index (χ4n) is 1.27. The van der Waals surface area contributed by atoms with E-state index in [1.54, 1.807) is 17.1 Å². The molecule has 5 nitrogen and oxygen atoms in total. The third-order valence-corrected chi connectivity index (χ3v) is 2.19. The summed E-state index contributed by atoms with van der Waals surface area (Å²) in [6.07, 6.45) is 0.302. The minimum absolute atomic E-state index is 0.0960. The molecule has 96 valence electrons. The Morgan fingerprint density at radius 2 is 1.89 bits per heavy atom. The van der Waals surface area contributed by atoms with Crippen molar-refractivity contribution < 1.29 is 13.2 Å². The van der Waals surface area contributed by atoms with Crippen LogP contribution in [-0.2, 0) is 12.7 Å². The largest absolute Gasteiger partial charge is 0.419 e. The first-order chi connectivity index (χ1) is 8.49. The van der Waals surface area contributed by atoms with Crippen LogP contribution in [0.2, 0.25) is 0 Å². The molecule has 0 amide bonds. The second kappa shape index (κ2) is 4.63. The van der Waals surface area contributed by atoms with Crippen LogP contribution in [0.5, 0.6) is 0 Å². The summed E-state index contributed by atoms with van der Waals surface area (Å²) in [6, 6.07) is 0. The van der Waals surface area contributed by atoms with Gasteiger partial charge < -0.3 is 5.32 Å². The zero-order chi connectivity index (χ0) is 13.2. The molecule has 0 saturated heterocycles. The lowest BCUT2D eigenvalue weighted by Gasteiger charge is -2.06. The molecule has 18 heavy (non-hydrogen) atoms. The topological polar surface area (TPSA) is 55.6 Å². The molecule has 0 aliphatic heterocycles. The molecule has 0 radical (unpaired) electrons. The van der Waals surface area contributed by atoms with E-state index in [-0.39, 0.29) is 5.95 Å². The Bertz CT molecular complexity index is 517. The summed E-state index contributed by atoms with van der Waals surface area (Å²) in [5.74, 6) is 0.0960. The monoisotopic (exact) mass is 257 g/mol. The quantitative estimate of drug-likeness (QED) is 0.917. The minimum Gasteiger partial charge on any atom is -0.321 e. The Balaban J connectivity index is 2.11. The summed E-state index contributed by atoms with van der Waals surface area (Å²) in [5.41, 5.74) is -0.256. The van der Waals surface area contributed by atoms with Crippen LogP contribution in [0, 0.1) is 0 Å². The second-order valence-corrected chi connectivity index (χ2v) is 3.50. The smallest absolute Gasteiger partial charge is 0.321 e. The normalized spacial score (nSPS) is 11.6. The average Bonchev–Trinajstić information content (AvgIpc) is 2.76. The Hall–Kier alpha value is -2.12. The van der Waals surface area contributed by atoms with E-state index in [9.17, 15) is 13.2 Å². The summed E-state index contributed by atoms with van der Waals surface area (Å²) in [4.78, 5) is 7.19. The predicted molar refractivity (Wildman–Crippen MR) is 58.2 cm³/mol. The van der Waals surface area contributed by atoms with Gasteiger partial charge in [0.15, 0.2) is 0 Å². The lowest BCUT2D eigenvalue weighted by molar-refractivity contribution is -0.138. The van der Waals surface area contributed by atoms with Gasteiger partial charge in [-0.15, -0.1) is 0 Å². The SMILES string of the molecule is CCn1cc(Nc2ncc(C(F)(F)F)cn2)cn1. The minimum atomic E-state index is -4.42. The molecule has 0 unspecified atom stereocenters. The van der Waals surface area contributed by atoms with Gasteiger partial charge in [-0.2, -0.15) is 18.3 Å². The number of halogens is 3. The Labute approximate surface area is 101 Å². The Morgan fingerprint density at radius 3 is 2.39 bits per heavy atom. The molecule has 0 atom stereocenters. The van der Waals surface area contributed by atoms with Crippen molar-refractivity contribution in [3.05, 3.63) is 30.4 Å². The van der Waals surface area contributed by atoms with Crippen LogP contribution in [-0.4, -0.2) is 19.7 Å². The van der Waals surface area contributed by atoms with Crippen LogP contribution in [0.4, 0.5) is 24.8 Å². The van der Waals surface area contributed by atoms with E-state index in [4.69, 9.17) is 0 Å². The first-order valence-corrected chi connectivity index (χ1v) is 5.17. The third kappa shape index (κ3) is 2.76. The van der Waals surface area contributed by atoms with Crippen LogP contribution in [0.15, 0.2) is 24.8 Å². The van der Waals surface area contributed by atoms with Crippen LogP contribution in [0.3, 0.4) is 0 Å². The van der Waals surface area contributed by atoms with E-state index < -0.39 is 11.7 Å². The molecule has 2 aromatic heterocycles. The van der Waals surface area contributed by atoms with Crippen molar-refractivity contribution in [1.82, 2.24) is 19.7 Å². The molecule has 8 heteroatoms. The fraction of sp³-hybridized carbons (Fsp3) is 0.300. The Morgan fingerprint density at radius 1 is 1.22 bits per heavy atom. The van der Waals surface area contributed by atoms with Gasteiger partial charge in [0.1, 0.15) is 0 Å². The summed E-state index contributed by atoms with van der Waals surface area (Å²) in [6.45, 7) is 2.63. The van der Waals surface area contributed by atoms with Crippen molar-refractivity contribution in [3.63, 3.8) is 0 Å². The molecular formula is C10H10F3N5. The van der Waals surface area contributed by atoms with Crippen LogP contribution < -0.4 is 5.32 Å². The standard InChI is InChI=1S/C10H10F3N5/c1-2-18-6-8(5-16-18)17-9-14-3-7(4-15-9)10(11,12)13/h3-6H,2H2,1H3,(H,14,15,17). The number of aryl methyl sites for hydroxylation is 1. The van der Waals surface area contributed by atoms with Gasteiger partial charge in [0.05, 0.1) is 17.4 Å². The van der Waals surface area contributed by atoms with Crippen molar-refractivity contribution in [1.29, 1.82) is 0 Å². The molecule has 0 aromatic carbocycles. The number of nitrogens with one attached hydrogen (secondary N) is 1. The number of alkyl halides is 3. The summed E-state index contributed by atoms with van der Waals surface area (Å²) >= 11 is 0. The average molecular weight is 257 g/mol. The van der Waals surface area contributed by atoms with E-state index in [1.807, 2.05) is 6.92 Å². The van der Waals surface area contributed by atoms with Crippen molar-refractivity contribution >= 4 is 11.6 Å². The van der Waals surface area contributed by atoms with E-state index in [2.05, 4.69) is 20.4 Å². The highest BCUT2D eigenvalue weighted by Gasteiger charge is 2.31. The summed E-state index contributed by atoms with van der Waals surface area (Å²) in [7, 11) is 0. The zero-order valence-electron chi connectivity index (χ0n) is 9.44. The van der Waals surface area contributed by atoms with Gasteiger partial charge in [-0.05, 0) is 6.92 Å². The van der Waals surface area contributed by atoms with Crippen molar-refractivity contribution in [3.8, 4) is 0 Å². The van der Waals surface area contributed by atoms with Crippen LogP contribution in [0.25, 0.3) is 0 Å². The molecular weight excluding hydrogens is 247 g/mol. The maximum Gasteiger partial charge on any atom is 0.419 e. The maximum atomic E-state index is 12.3. The van der Waals surface area contributed by atoms with Gasteiger partial charge in [0.2, 0.25) is 5.95 Å². The van der Waals surface area contributed by atoms with E-state index in [0.29, 0.717) is 12.2 Å². The summed E-state index contributed by atoms with van der Waals surface area (Å²) < 4.78 is 38.5. The molecule has 0 saturated carbocycles. The molecule has 0 spiro atoms. The highest BCUT2D eigenvalue weighted by atomic mass is 19.4. The van der Waals surface area contributed by atoms with Crippen LogP contribution in [0.1, 0.15) is 12.5 Å². The van der Waals surface area contributed by atoms with E-state index in [1.165, 1.54) is 0 Å². The fourth-order valence-corrected chi connectivity index (χ4v) is 1.27. The van der Waals surface area contributed by atoms with Gasteiger partial charge in [-0.1, -0.05) is 0 Å². The van der Waals surface area contributed by atoms with Crippen molar-refractivity contribution in [2.75, 3.05) is 5.32 Å². The van der Waals surface area contributed by atoms with Gasteiger partial charge in [0.25, 0.3) is 0 Å². The van der Waals surface area contributed by atoms with Crippen molar-refractivity contribution in [2.24, 2.45) is 0 Å². The molecule has 2 rings (SSSR count). The molecule has 1 N–H and O–H groups in total. The molecule has 0 aliphatic carbocycles. The molecule has 0 bridgehead atoms. The molecule has 0 fully saturated rings. The van der Waals surface area contributed by atoms with Gasteiger partial charge in [-0.3, -0.25) is 4.68 Å². The number of anilines is 2. The second-order valence-electron chi connectivity index (χ2n) is 3.50. The Kier molecular flexibility index (Phi) is 3.17. The first-order valence-electron chi connectivity index (χ1n) is 5.17. The van der Waals surface area contributed by atoms with Gasteiger partial charge in [-0.25, -0.2) is 9.97 Å². The number of rotatable bonds is 3. The first kappa shape index (κ1) is 12.3. The van der Waals surface area contributed by atoms with Crippen molar-refractivity contribution in [2.45, 2.75) is 19.6 Å². The number of aromatic nitrogens is 4. The lowest BCUT2D eigenvalue weighted by atomic mass is 10.3. The maximum absolute atomic E-state index is 12.3.